The summed E-state index contributed by atoms with van der Waals surface area (Å²) in [6.07, 6.45) is -1.35. The van der Waals surface area contributed by atoms with E-state index in [1.165, 1.54) is 0 Å². The Morgan fingerprint density at radius 1 is 0.543 bits per heavy atom. The van der Waals surface area contributed by atoms with Crippen LogP contribution >= 0.6 is 15.9 Å². The second kappa shape index (κ2) is 8.82. The van der Waals surface area contributed by atoms with Crippen LogP contribution in [-0.2, 0) is 9.47 Å². The first-order chi connectivity index (χ1) is 17.1. The molecule has 4 atom stereocenters. The highest BCUT2D eigenvalue weighted by molar-refractivity contribution is 9.10. The third-order valence-electron chi connectivity index (χ3n) is 6.88. The van der Waals surface area contributed by atoms with E-state index in [0.29, 0.717) is 11.1 Å². The second-order valence-electron chi connectivity index (χ2n) is 8.80. The zero-order valence-corrected chi connectivity index (χ0v) is 20.2. The summed E-state index contributed by atoms with van der Waals surface area (Å²) < 4.78 is 13.3. The van der Waals surface area contributed by atoms with Crippen molar-refractivity contribution < 1.29 is 19.1 Å². The molecule has 4 aromatic carbocycles. The molecule has 5 heteroatoms. The number of rotatable bonds is 4. The summed E-state index contributed by atoms with van der Waals surface area (Å²) in [5.41, 5.74) is 5.28. The van der Waals surface area contributed by atoms with Crippen molar-refractivity contribution in [1.82, 2.24) is 0 Å². The number of fused-ring (bicyclic) bond motifs is 1. The zero-order valence-electron chi connectivity index (χ0n) is 18.6. The molecule has 0 amide bonds. The van der Waals surface area contributed by atoms with E-state index in [4.69, 9.17) is 9.47 Å². The van der Waals surface area contributed by atoms with Gasteiger partial charge in [0.1, 0.15) is 0 Å². The van der Waals surface area contributed by atoms with E-state index in [2.05, 4.69) is 34.1 Å². The Morgan fingerprint density at radius 2 is 1.00 bits per heavy atom. The maximum Gasteiger partial charge on any atom is 0.338 e. The summed E-state index contributed by atoms with van der Waals surface area (Å²) in [7, 11) is 0. The molecule has 4 aromatic rings. The monoisotopic (exact) mass is 524 g/mol. The van der Waals surface area contributed by atoms with Gasteiger partial charge < -0.3 is 9.47 Å². The molecule has 2 bridgehead atoms. The van der Waals surface area contributed by atoms with Gasteiger partial charge in [0.2, 0.25) is 0 Å². The second-order valence-corrected chi connectivity index (χ2v) is 9.65. The number of halogens is 1. The molecular formula is C30H21BrO4. The van der Waals surface area contributed by atoms with Crippen molar-refractivity contribution >= 4 is 27.9 Å². The van der Waals surface area contributed by atoms with Crippen LogP contribution in [0.1, 0.15) is 54.8 Å². The van der Waals surface area contributed by atoms with Gasteiger partial charge in [0.15, 0.2) is 12.2 Å². The molecule has 0 radical (unpaired) electrons. The van der Waals surface area contributed by atoms with Crippen molar-refractivity contribution in [2.45, 2.75) is 24.0 Å². The highest BCUT2D eigenvalue weighted by Crippen LogP contribution is 2.56. The fourth-order valence-electron chi connectivity index (χ4n) is 5.43. The Bertz CT molecular complexity index is 1420. The largest absolute Gasteiger partial charge is 0.454 e. The number of hydrogen-bond acceptors (Lipinski definition) is 4. The normalized spacial score (nSPS) is 21.5. The fraction of sp³-hybridized carbons (Fsp3) is 0.133. The molecule has 3 aliphatic rings. The van der Waals surface area contributed by atoms with E-state index in [1.807, 2.05) is 36.4 Å². The van der Waals surface area contributed by atoms with Gasteiger partial charge in [-0.25, -0.2) is 9.59 Å². The van der Waals surface area contributed by atoms with Gasteiger partial charge in [0, 0.05) is 4.47 Å². The molecule has 0 N–H and O–H groups in total. The van der Waals surface area contributed by atoms with E-state index < -0.39 is 24.1 Å². The van der Waals surface area contributed by atoms with Crippen molar-refractivity contribution in [3.63, 3.8) is 0 Å². The van der Waals surface area contributed by atoms with Gasteiger partial charge in [-0.1, -0.05) is 88.7 Å². The molecule has 7 rings (SSSR count). The number of hydrogen-bond donors (Lipinski definition) is 0. The maximum absolute atomic E-state index is 13.2. The van der Waals surface area contributed by atoms with Crippen LogP contribution in [0, 0.1) is 0 Å². The third-order valence-corrected chi connectivity index (χ3v) is 7.58. The lowest BCUT2D eigenvalue weighted by Crippen LogP contribution is -2.51. The van der Waals surface area contributed by atoms with Crippen LogP contribution in [0.4, 0.5) is 0 Å². The smallest absolute Gasteiger partial charge is 0.338 e. The van der Waals surface area contributed by atoms with Crippen LogP contribution in [0.15, 0.2) is 108 Å². The Balaban J connectivity index is 1.48. The van der Waals surface area contributed by atoms with Gasteiger partial charge in [-0.3, -0.25) is 0 Å². The first-order valence-electron chi connectivity index (χ1n) is 11.5. The van der Waals surface area contributed by atoms with Crippen molar-refractivity contribution in [3.8, 4) is 0 Å². The van der Waals surface area contributed by atoms with Crippen molar-refractivity contribution in [2.75, 3.05) is 0 Å². The third kappa shape index (κ3) is 3.67. The molecule has 2 unspecified atom stereocenters. The number of carbonyl (C=O) groups is 2. The molecule has 4 nitrogen and oxygen atoms in total. The fourth-order valence-corrected chi connectivity index (χ4v) is 6.06. The molecule has 0 saturated carbocycles. The van der Waals surface area contributed by atoms with Crippen molar-refractivity contribution in [3.05, 3.63) is 141 Å². The molecule has 0 aliphatic heterocycles. The Hall–Kier alpha value is -3.70. The summed E-state index contributed by atoms with van der Waals surface area (Å²) in [6.45, 7) is 0. The Morgan fingerprint density at radius 3 is 1.57 bits per heavy atom. The SMILES string of the molecule is O=C(OC1C(OC(=O)c2ccccc2)[C@@H]2c3ccccc3[C@@H]1c1cccc(Br)c12)c1ccccc1. The summed E-state index contributed by atoms with van der Waals surface area (Å²) in [5.74, 6) is -1.40. The lowest BCUT2D eigenvalue weighted by Gasteiger charge is -2.49. The molecule has 172 valence electrons. The van der Waals surface area contributed by atoms with Crippen molar-refractivity contribution in [2.24, 2.45) is 0 Å². The van der Waals surface area contributed by atoms with Gasteiger partial charge in [0.05, 0.1) is 23.0 Å². The van der Waals surface area contributed by atoms with E-state index in [1.54, 1.807) is 48.5 Å². The highest BCUT2D eigenvalue weighted by atomic mass is 79.9. The summed E-state index contributed by atoms with van der Waals surface area (Å²) in [4.78, 5) is 26.4. The number of benzene rings is 4. The van der Waals surface area contributed by atoms with Crippen LogP contribution in [0.3, 0.4) is 0 Å². The summed E-state index contributed by atoms with van der Waals surface area (Å²) in [6, 6.07) is 32.1. The minimum atomic E-state index is -0.679. The molecular weight excluding hydrogens is 504 g/mol. The first kappa shape index (κ1) is 21.8. The lowest BCUT2D eigenvalue weighted by atomic mass is 9.61. The van der Waals surface area contributed by atoms with Gasteiger partial charge >= 0.3 is 11.9 Å². The Labute approximate surface area is 211 Å². The number of esters is 2. The van der Waals surface area contributed by atoms with Crippen LogP contribution in [0.25, 0.3) is 0 Å². The van der Waals surface area contributed by atoms with E-state index >= 15 is 0 Å². The maximum atomic E-state index is 13.2. The topological polar surface area (TPSA) is 52.6 Å². The highest BCUT2D eigenvalue weighted by Gasteiger charge is 2.54. The van der Waals surface area contributed by atoms with Gasteiger partial charge in [-0.2, -0.15) is 0 Å². The average Bonchev–Trinajstić information content (AvgIpc) is 2.91. The average molecular weight is 525 g/mol. The van der Waals surface area contributed by atoms with E-state index in [9.17, 15) is 9.59 Å². The quantitative estimate of drug-likeness (QED) is 0.286. The predicted octanol–water partition coefficient (Wildman–Crippen LogP) is 6.49. The van der Waals surface area contributed by atoms with Gasteiger partial charge in [-0.05, 0) is 52.6 Å². The summed E-state index contributed by atoms with van der Waals surface area (Å²) >= 11 is 3.73. The van der Waals surface area contributed by atoms with Gasteiger partial charge in [-0.15, -0.1) is 0 Å². The molecule has 0 spiro atoms. The van der Waals surface area contributed by atoms with Gasteiger partial charge in [0.25, 0.3) is 0 Å². The van der Waals surface area contributed by atoms with Crippen LogP contribution < -0.4 is 0 Å². The predicted molar refractivity (Wildman–Crippen MR) is 136 cm³/mol. The number of ether oxygens (including phenoxy) is 2. The van der Waals surface area contributed by atoms with Crippen molar-refractivity contribution in [1.29, 1.82) is 0 Å². The lowest BCUT2D eigenvalue weighted by molar-refractivity contribution is -0.0558. The van der Waals surface area contributed by atoms with Crippen LogP contribution in [0.2, 0.25) is 0 Å². The molecule has 35 heavy (non-hydrogen) atoms. The molecule has 3 aliphatic carbocycles. The van der Waals surface area contributed by atoms with E-state index in [0.717, 1.165) is 26.7 Å². The van der Waals surface area contributed by atoms with Crippen LogP contribution in [-0.4, -0.2) is 24.1 Å². The minimum absolute atomic E-state index is 0.259. The number of carbonyl (C=O) groups excluding carboxylic acids is 2. The summed E-state index contributed by atoms with van der Waals surface area (Å²) in [5, 5.41) is 0. The molecule has 0 aromatic heterocycles. The first-order valence-corrected chi connectivity index (χ1v) is 12.3. The minimum Gasteiger partial charge on any atom is -0.454 e. The Kier molecular flexibility index (Phi) is 5.50. The van der Waals surface area contributed by atoms with Crippen LogP contribution in [0.5, 0.6) is 0 Å². The zero-order chi connectivity index (χ0) is 23.9. The van der Waals surface area contributed by atoms with E-state index in [-0.39, 0.29) is 11.8 Å². The molecule has 0 fully saturated rings. The molecule has 0 heterocycles. The molecule has 0 saturated heterocycles. The standard InChI is InChI=1S/C30H21BrO4/c31-23-17-9-16-22-24-20-14-7-8-15-21(20)26(25(22)23)28(35-30(33)19-12-5-2-6-13-19)27(24)34-29(32)18-10-3-1-4-11-18/h1-17,24,26-28H/t24-,26-,27?,28?/m1/s1.